The molecule has 4 nitrogen and oxygen atoms in total. The van der Waals surface area contributed by atoms with Crippen LogP contribution in [-0.2, 0) is 0 Å². The molecule has 0 fully saturated rings. The highest BCUT2D eigenvalue weighted by Gasteiger charge is 2.07. The topological polar surface area (TPSA) is 62.2 Å². The van der Waals surface area contributed by atoms with Crippen LogP contribution in [0.3, 0.4) is 0 Å². The van der Waals surface area contributed by atoms with Gasteiger partial charge in [-0.1, -0.05) is 6.92 Å². The number of hydrogen-bond donors (Lipinski definition) is 2. The molecular formula is C11H16N2O2. The molecule has 1 aromatic heterocycles. The molecule has 4 heteroatoms. The Balaban J connectivity index is 2.54. The number of aliphatic hydroxyl groups is 1. The molecule has 1 amide bonds. The van der Waals surface area contributed by atoms with Gasteiger partial charge in [0.2, 0.25) is 0 Å². The number of rotatable bonds is 4. The summed E-state index contributed by atoms with van der Waals surface area (Å²) in [5.41, 5.74) is 1.47. The Morgan fingerprint density at radius 1 is 1.60 bits per heavy atom. The fraction of sp³-hybridized carbons (Fsp3) is 0.455. The van der Waals surface area contributed by atoms with Gasteiger partial charge < -0.3 is 10.4 Å². The van der Waals surface area contributed by atoms with Crippen molar-refractivity contribution in [3.8, 4) is 0 Å². The van der Waals surface area contributed by atoms with Crippen molar-refractivity contribution in [1.29, 1.82) is 0 Å². The van der Waals surface area contributed by atoms with Gasteiger partial charge in [-0.3, -0.25) is 9.78 Å². The number of aromatic nitrogens is 1. The summed E-state index contributed by atoms with van der Waals surface area (Å²) < 4.78 is 0. The number of amides is 1. The van der Waals surface area contributed by atoms with Crippen LogP contribution in [0.1, 0.15) is 29.3 Å². The molecule has 1 unspecified atom stereocenters. The first-order valence-electron chi connectivity index (χ1n) is 5.01. The summed E-state index contributed by atoms with van der Waals surface area (Å²) in [5, 5.41) is 11.9. The van der Waals surface area contributed by atoms with E-state index < -0.39 is 6.10 Å². The van der Waals surface area contributed by atoms with Gasteiger partial charge >= 0.3 is 0 Å². The van der Waals surface area contributed by atoms with Crippen LogP contribution in [0.5, 0.6) is 0 Å². The largest absolute Gasteiger partial charge is 0.391 e. The third-order valence-corrected chi connectivity index (χ3v) is 2.11. The summed E-state index contributed by atoms with van der Waals surface area (Å²) in [7, 11) is 0. The molecule has 1 atom stereocenters. The zero-order valence-corrected chi connectivity index (χ0v) is 9.03. The first-order chi connectivity index (χ1) is 7.13. The zero-order chi connectivity index (χ0) is 11.3. The van der Waals surface area contributed by atoms with Crippen LogP contribution in [0.15, 0.2) is 18.5 Å². The number of aryl methyl sites for hydroxylation is 1. The lowest BCUT2D eigenvalue weighted by Crippen LogP contribution is -2.31. The Hall–Kier alpha value is -1.42. The summed E-state index contributed by atoms with van der Waals surface area (Å²) in [6.45, 7) is 4.03. The lowest BCUT2D eigenvalue weighted by atomic mass is 10.2. The van der Waals surface area contributed by atoms with Gasteiger partial charge in [0, 0.05) is 18.9 Å². The molecule has 0 aliphatic heterocycles. The van der Waals surface area contributed by atoms with E-state index in [4.69, 9.17) is 0 Å². The maximum absolute atomic E-state index is 11.6. The molecule has 0 aromatic carbocycles. The number of hydrogen-bond acceptors (Lipinski definition) is 3. The quantitative estimate of drug-likeness (QED) is 0.772. The van der Waals surface area contributed by atoms with Crippen molar-refractivity contribution in [2.45, 2.75) is 26.4 Å². The molecule has 0 radical (unpaired) electrons. The van der Waals surface area contributed by atoms with Crippen LogP contribution in [0.25, 0.3) is 0 Å². The van der Waals surface area contributed by atoms with Gasteiger partial charge in [-0.2, -0.15) is 0 Å². The third kappa shape index (κ3) is 3.67. The molecule has 0 saturated carbocycles. The monoisotopic (exact) mass is 208 g/mol. The molecule has 2 N–H and O–H groups in total. The van der Waals surface area contributed by atoms with Crippen molar-refractivity contribution < 1.29 is 9.90 Å². The summed E-state index contributed by atoms with van der Waals surface area (Å²) in [6.07, 6.45) is 3.36. The first-order valence-corrected chi connectivity index (χ1v) is 5.01. The number of carbonyl (C=O) groups is 1. The van der Waals surface area contributed by atoms with Crippen molar-refractivity contribution in [1.82, 2.24) is 10.3 Å². The number of aliphatic hydroxyl groups excluding tert-OH is 1. The minimum atomic E-state index is -0.480. The van der Waals surface area contributed by atoms with Crippen molar-refractivity contribution in [2.24, 2.45) is 0 Å². The molecule has 0 spiro atoms. The highest BCUT2D eigenvalue weighted by Crippen LogP contribution is 2.00. The SMILES string of the molecule is CCC(O)CNC(=O)c1cncc(C)c1. The van der Waals surface area contributed by atoms with E-state index in [0.29, 0.717) is 12.0 Å². The van der Waals surface area contributed by atoms with E-state index >= 15 is 0 Å². The van der Waals surface area contributed by atoms with Gasteiger partial charge in [0.25, 0.3) is 5.91 Å². The van der Waals surface area contributed by atoms with Crippen LogP contribution in [0.2, 0.25) is 0 Å². The van der Waals surface area contributed by atoms with Crippen LogP contribution in [0, 0.1) is 6.92 Å². The van der Waals surface area contributed by atoms with Gasteiger partial charge in [0.15, 0.2) is 0 Å². The van der Waals surface area contributed by atoms with E-state index in [9.17, 15) is 9.90 Å². The lowest BCUT2D eigenvalue weighted by molar-refractivity contribution is 0.0913. The first kappa shape index (κ1) is 11.7. The molecule has 0 bridgehead atoms. The van der Waals surface area contributed by atoms with E-state index in [1.807, 2.05) is 13.8 Å². The normalized spacial score (nSPS) is 12.2. The maximum Gasteiger partial charge on any atom is 0.252 e. The van der Waals surface area contributed by atoms with Crippen molar-refractivity contribution in [3.05, 3.63) is 29.6 Å². The molecule has 1 heterocycles. The number of carbonyl (C=O) groups excluding carboxylic acids is 1. The Bertz CT molecular complexity index is 339. The summed E-state index contributed by atoms with van der Waals surface area (Å²) in [4.78, 5) is 15.5. The maximum atomic E-state index is 11.6. The fourth-order valence-corrected chi connectivity index (χ4v) is 1.14. The number of pyridine rings is 1. The van der Waals surface area contributed by atoms with E-state index in [-0.39, 0.29) is 12.5 Å². The fourth-order valence-electron chi connectivity index (χ4n) is 1.14. The predicted molar refractivity (Wildman–Crippen MR) is 57.6 cm³/mol. The van der Waals surface area contributed by atoms with Crippen molar-refractivity contribution >= 4 is 5.91 Å². The summed E-state index contributed by atoms with van der Waals surface area (Å²) in [5.74, 6) is -0.196. The molecule has 0 aliphatic rings. The Labute approximate surface area is 89.3 Å². The summed E-state index contributed by atoms with van der Waals surface area (Å²) in [6, 6.07) is 1.76. The average molecular weight is 208 g/mol. The minimum Gasteiger partial charge on any atom is -0.391 e. The number of nitrogens with zero attached hydrogens (tertiary/aromatic N) is 1. The predicted octanol–water partition coefficient (Wildman–Crippen LogP) is 0.891. The van der Waals surface area contributed by atoms with E-state index in [2.05, 4.69) is 10.3 Å². The average Bonchev–Trinajstić information content (AvgIpc) is 2.25. The standard InChI is InChI=1S/C11H16N2O2/c1-3-10(14)7-13-11(15)9-4-8(2)5-12-6-9/h4-6,10,14H,3,7H2,1-2H3,(H,13,15). The molecule has 15 heavy (non-hydrogen) atoms. The Morgan fingerprint density at radius 2 is 2.33 bits per heavy atom. The van der Waals surface area contributed by atoms with Crippen LogP contribution < -0.4 is 5.32 Å². The zero-order valence-electron chi connectivity index (χ0n) is 9.03. The van der Waals surface area contributed by atoms with Gasteiger partial charge in [0.1, 0.15) is 0 Å². The van der Waals surface area contributed by atoms with Gasteiger partial charge in [-0.25, -0.2) is 0 Å². The van der Waals surface area contributed by atoms with Gasteiger partial charge in [0.05, 0.1) is 11.7 Å². The third-order valence-electron chi connectivity index (χ3n) is 2.11. The molecule has 1 aromatic rings. The number of nitrogens with one attached hydrogen (secondary N) is 1. The van der Waals surface area contributed by atoms with Crippen molar-refractivity contribution in [3.63, 3.8) is 0 Å². The minimum absolute atomic E-state index is 0.196. The highest BCUT2D eigenvalue weighted by atomic mass is 16.3. The molecule has 82 valence electrons. The van der Waals surface area contributed by atoms with Gasteiger partial charge in [-0.05, 0) is 25.0 Å². The van der Waals surface area contributed by atoms with E-state index in [0.717, 1.165) is 5.56 Å². The smallest absolute Gasteiger partial charge is 0.252 e. The van der Waals surface area contributed by atoms with E-state index in [1.165, 1.54) is 6.20 Å². The second kappa shape index (κ2) is 5.46. The highest BCUT2D eigenvalue weighted by molar-refractivity contribution is 5.93. The van der Waals surface area contributed by atoms with Crippen molar-refractivity contribution in [2.75, 3.05) is 6.54 Å². The lowest BCUT2D eigenvalue weighted by Gasteiger charge is -2.09. The van der Waals surface area contributed by atoms with Gasteiger partial charge in [-0.15, -0.1) is 0 Å². The Morgan fingerprint density at radius 3 is 2.93 bits per heavy atom. The van der Waals surface area contributed by atoms with Crippen LogP contribution in [-0.4, -0.2) is 28.6 Å². The van der Waals surface area contributed by atoms with E-state index in [1.54, 1.807) is 12.3 Å². The van der Waals surface area contributed by atoms with Crippen LogP contribution in [0.4, 0.5) is 0 Å². The molecule has 0 aliphatic carbocycles. The second-order valence-corrected chi connectivity index (χ2v) is 3.52. The Kier molecular flexibility index (Phi) is 4.24. The molecule has 0 saturated heterocycles. The van der Waals surface area contributed by atoms with Crippen LogP contribution >= 0.6 is 0 Å². The summed E-state index contributed by atoms with van der Waals surface area (Å²) >= 11 is 0. The molecular weight excluding hydrogens is 192 g/mol. The molecule has 1 rings (SSSR count). The second-order valence-electron chi connectivity index (χ2n) is 3.52.